The molecule has 10 heteroatoms. The highest BCUT2D eigenvalue weighted by molar-refractivity contribution is 14.0. The van der Waals surface area contributed by atoms with Crippen molar-refractivity contribution in [3.05, 3.63) is 0 Å². The molecule has 166 valence electrons. The molecule has 1 amide bonds. The lowest BCUT2D eigenvalue weighted by Gasteiger charge is -2.39. The summed E-state index contributed by atoms with van der Waals surface area (Å²) in [5.41, 5.74) is 0. The summed E-state index contributed by atoms with van der Waals surface area (Å²) < 4.78 is 28.7. The van der Waals surface area contributed by atoms with Crippen LogP contribution in [0.4, 0.5) is 4.79 Å². The van der Waals surface area contributed by atoms with E-state index in [0.29, 0.717) is 44.7 Å². The van der Waals surface area contributed by atoms with E-state index in [1.807, 2.05) is 11.8 Å². The molecule has 0 aromatic rings. The highest BCUT2D eigenvalue weighted by atomic mass is 127. The Kier molecular flexibility index (Phi) is 11.7. The summed E-state index contributed by atoms with van der Waals surface area (Å²) in [6.07, 6.45) is 0.343. The van der Waals surface area contributed by atoms with E-state index >= 15 is 0 Å². The van der Waals surface area contributed by atoms with Gasteiger partial charge in [0.1, 0.15) is 0 Å². The topological polar surface area (TPSA) is 100 Å². The number of alkyl carbamates (subject to hydrolysis) is 1. The molecule has 2 N–H and O–H groups in total. The minimum absolute atomic E-state index is 0. The van der Waals surface area contributed by atoms with Gasteiger partial charge in [0.25, 0.3) is 0 Å². The van der Waals surface area contributed by atoms with Gasteiger partial charge in [0.05, 0.1) is 29.7 Å². The first-order valence-electron chi connectivity index (χ1n) is 9.71. The highest BCUT2D eigenvalue weighted by Crippen LogP contribution is 2.23. The predicted octanol–water partition coefficient (Wildman–Crippen LogP) is 2.24. The van der Waals surface area contributed by atoms with E-state index in [1.54, 1.807) is 20.8 Å². The first-order chi connectivity index (χ1) is 12.5. The second-order valence-corrected chi connectivity index (χ2v) is 10.6. The Bertz CT molecular complexity index is 623. The largest absolute Gasteiger partial charge is 0.450 e. The van der Waals surface area contributed by atoms with E-state index in [4.69, 9.17) is 4.74 Å². The average Bonchev–Trinajstić information content (AvgIpc) is 2.53. The molecule has 0 saturated carbocycles. The van der Waals surface area contributed by atoms with E-state index in [0.717, 1.165) is 6.42 Å². The van der Waals surface area contributed by atoms with E-state index in [9.17, 15) is 13.2 Å². The second kappa shape index (κ2) is 12.0. The van der Waals surface area contributed by atoms with E-state index < -0.39 is 20.7 Å². The normalized spacial score (nSPS) is 19.5. The van der Waals surface area contributed by atoms with Crippen LogP contribution < -0.4 is 10.6 Å². The number of hydrogen-bond acceptors (Lipinski definition) is 5. The number of guanidine groups is 1. The fourth-order valence-electron chi connectivity index (χ4n) is 3.03. The van der Waals surface area contributed by atoms with Crippen LogP contribution in [0.1, 0.15) is 48.0 Å². The summed E-state index contributed by atoms with van der Waals surface area (Å²) in [4.78, 5) is 18.5. The molecule has 1 saturated heterocycles. The molecular formula is C18H37IN4O4S. The van der Waals surface area contributed by atoms with Crippen LogP contribution in [0.25, 0.3) is 0 Å². The Labute approximate surface area is 187 Å². The van der Waals surface area contributed by atoms with Crippen molar-refractivity contribution in [3.63, 3.8) is 0 Å². The highest BCUT2D eigenvalue weighted by Gasteiger charge is 2.41. The number of aliphatic imine (C=N–C) groups is 1. The molecule has 1 heterocycles. The third kappa shape index (κ3) is 8.30. The maximum Gasteiger partial charge on any atom is 0.407 e. The fraction of sp³-hybridized carbons (Fsp3) is 0.889. The molecule has 1 aliphatic heterocycles. The molecule has 28 heavy (non-hydrogen) atoms. The molecule has 0 radical (unpaired) electrons. The van der Waals surface area contributed by atoms with Crippen molar-refractivity contribution < 1.29 is 17.9 Å². The van der Waals surface area contributed by atoms with Gasteiger partial charge in [-0.3, -0.25) is 4.99 Å². The van der Waals surface area contributed by atoms with Crippen LogP contribution in [0, 0.1) is 5.92 Å². The number of rotatable bonds is 7. The minimum atomic E-state index is -3.11. The fourth-order valence-corrected chi connectivity index (χ4v) is 4.40. The van der Waals surface area contributed by atoms with Crippen molar-refractivity contribution in [1.29, 1.82) is 0 Å². The van der Waals surface area contributed by atoms with E-state index in [-0.39, 0.29) is 35.8 Å². The average molecular weight is 532 g/mol. The van der Waals surface area contributed by atoms with Crippen molar-refractivity contribution in [2.75, 3.05) is 38.5 Å². The zero-order chi connectivity index (χ0) is 20.7. The Balaban J connectivity index is 0.00000729. The molecule has 1 fully saturated rings. The van der Waals surface area contributed by atoms with Crippen LogP contribution in [-0.4, -0.2) is 74.7 Å². The number of hydrogen-bond donors (Lipinski definition) is 2. The first kappa shape index (κ1) is 27.2. The van der Waals surface area contributed by atoms with Crippen molar-refractivity contribution in [2.24, 2.45) is 10.9 Å². The van der Waals surface area contributed by atoms with Crippen molar-refractivity contribution in [1.82, 2.24) is 15.5 Å². The zero-order valence-electron chi connectivity index (χ0n) is 17.9. The number of halogens is 1. The smallest absolute Gasteiger partial charge is 0.407 e. The number of carbonyl (C=O) groups excluding carboxylic acids is 1. The summed E-state index contributed by atoms with van der Waals surface area (Å²) >= 11 is 0. The minimum Gasteiger partial charge on any atom is -0.450 e. The van der Waals surface area contributed by atoms with Crippen LogP contribution in [-0.2, 0) is 14.6 Å². The van der Waals surface area contributed by atoms with Crippen LogP contribution in [0.5, 0.6) is 0 Å². The van der Waals surface area contributed by atoms with Gasteiger partial charge in [-0.1, -0.05) is 13.8 Å². The zero-order valence-corrected chi connectivity index (χ0v) is 21.1. The molecule has 1 unspecified atom stereocenters. The predicted molar refractivity (Wildman–Crippen MR) is 124 cm³/mol. The van der Waals surface area contributed by atoms with E-state index in [2.05, 4.69) is 29.5 Å². The van der Waals surface area contributed by atoms with Crippen molar-refractivity contribution >= 4 is 45.9 Å². The molecule has 0 aromatic heterocycles. The number of carbonyl (C=O) groups is 1. The first-order valence-corrected chi connectivity index (χ1v) is 11.4. The van der Waals surface area contributed by atoms with Gasteiger partial charge < -0.3 is 20.3 Å². The summed E-state index contributed by atoms with van der Waals surface area (Å²) in [5, 5.41) is 6.11. The van der Waals surface area contributed by atoms with Gasteiger partial charge in [0.15, 0.2) is 15.8 Å². The molecule has 0 spiro atoms. The third-order valence-electron chi connectivity index (χ3n) is 4.49. The van der Waals surface area contributed by atoms with Gasteiger partial charge in [-0.05, 0) is 40.0 Å². The molecule has 0 bridgehead atoms. The van der Waals surface area contributed by atoms with Crippen LogP contribution in [0.2, 0.25) is 0 Å². The Morgan fingerprint density at radius 2 is 1.93 bits per heavy atom. The lowest BCUT2D eigenvalue weighted by molar-refractivity contribution is 0.147. The van der Waals surface area contributed by atoms with Crippen LogP contribution in [0.15, 0.2) is 4.99 Å². The van der Waals surface area contributed by atoms with Gasteiger partial charge in [0, 0.05) is 19.6 Å². The molecule has 0 aromatic carbocycles. The Morgan fingerprint density at radius 1 is 1.29 bits per heavy atom. The third-order valence-corrected chi connectivity index (χ3v) is 7.03. The second-order valence-electron chi connectivity index (χ2n) is 7.89. The monoisotopic (exact) mass is 532 g/mol. The van der Waals surface area contributed by atoms with Gasteiger partial charge in [0.2, 0.25) is 0 Å². The molecular weight excluding hydrogens is 495 g/mol. The Morgan fingerprint density at radius 3 is 2.43 bits per heavy atom. The van der Waals surface area contributed by atoms with Gasteiger partial charge >= 0.3 is 6.09 Å². The van der Waals surface area contributed by atoms with Gasteiger partial charge in [-0.15, -0.1) is 24.0 Å². The number of amides is 1. The standard InChI is InChI=1S/C18H36N4O4S.HI/c1-7-19-16(22-9-10-27(24,25)18(5,6)13-22)20-12-15(11-14(3)4)21-17(23)26-8-2;/h14-15H,7-13H2,1-6H3,(H,19,20)(H,21,23);1H. The molecule has 1 aliphatic rings. The number of nitrogens with one attached hydrogen (secondary N) is 2. The van der Waals surface area contributed by atoms with E-state index in [1.165, 1.54) is 0 Å². The number of ether oxygens (including phenoxy) is 1. The molecule has 0 aliphatic carbocycles. The number of sulfone groups is 1. The summed E-state index contributed by atoms with van der Waals surface area (Å²) in [6, 6.07) is -0.140. The lowest BCUT2D eigenvalue weighted by Crippen LogP contribution is -2.57. The number of nitrogens with zero attached hydrogens (tertiary/aromatic N) is 2. The van der Waals surface area contributed by atoms with Crippen LogP contribution in [0.3, 0.4) is 0 Å². The van der Waals surface area contributed by atoms with Crippen LogP contribution >= 0.6 is 24.0 Å². The maximum absolute atomic E-state index is 12.3. The SMILES string of the molecule is CCNC(=NCC(CC(C)C)NC(=O)OCC)N1CCS(=O)(=O)C(C)(C)C1.I. The maximum atomic E-state index is 12.3. The molecule has 8 nitrogen and oxygen atoms in total. The summed E-state index contributed by atoms with van der Waals surface area (Å²) in [5.74, 6) is 1.19. The molecule has 1 rings (SSSR count). The summed E-state index contributed by atoms with van der Waals surface area (Å²) in [7, 11) is -3.11. The quantitative estimate of drug-likeness (QED) is 0.297. The lowest BCUT2D eigenvalue weighted by atomic mass is 10.0. The Hall–Kier alpha value is -0.780. The van der Waals surface area contributed by atoms with Crippen molar-refractivity contribution in [3.8, 4) is 0 Å². The van der Waals surface area contributed by atoms with Gasteiger partial charge in [-0.2, -0.15) is 0 Å². The summed E-state index contributed by atoms with van der Waals surface area (Å²) in [6.45, 7) is 13.6. The molecule has 1 atom stereocenters. The van der Waals surface area contributed by atoms with Crippen molar-refractivity contribution in [2.45, 2.75) is 58.8 Å². The van der Waals surface area contributed by atoms with Gasteiger partial charge in [-0.25, -0.2) is 13.2 Å².